The number of methoxy groups -OCH3 is 1. The van der Waals surface area contributed by atoms with Crippen molar-refractivity contribution in [1.29, 1.82) is 0 Å². The van der Waals surface area contributed by atoms with Gasteiger partial charge in [0.2, 0.25) is 0 Å². The molecule has 1 fully saturated rings. The molecule has 2 rings (SSSR count). The molecule has 0 spiro atoms. The van der Waals surface area contributed by atoms with E-state index < -0.39 is 0 Å². The van der Waals surface area contributed by atoms with Crippen LogP contribution < -0.4 is 5.32 Å². The second kappa shape index (κ2) is 7.46. The summed E-state index contributed by atoms with van der Waals surface area (Å²) in [7, 11) is 1.72. The third-order valence-electron chi connectivity index (χ3n) is 3.95. The van der Waals surface area contributed by atoms with Crippen LogP contribution in [0.2, 0.25) is 0 Å². The van der Waals surface area contributed by atoms with Crippen LogP contribution >= 0.6 is 0 Å². The quantitative estimate of drug-likeness (QED) is 0.876. The molecule has 0 bridgehead atoms. The van der Waals surface area contributed by atoms with Gasteiger partial charge in [-0.05, 0) is 31.9 Å². The molecule has 116 valence electrons. The first-order valence-electron chi connectivity index (χ1n) is 7.78. The summed E-state index contributed by atoms with van der Waals surface area (Å²) in [4.78, 5) is 14.7. The van der Waals surface area contributed by atoms with E-state index in [4.69, 9.17) is 4.74 Å². The van der Waals surface area contributed by atoms with Crippen LogP contribution in [0.25, 0.3) is 0 Å². The molecule has 1 N–H and O–H groups in total. The molecule has 0 aliphatic carbocycles. The highest BCUT2D eigenvalue weighted by Gasteiger charge is 2.28. The van der Waals surface area contributed by atoms with Crippen LogP contribution in [0, 0.1) is 12.8 Å². The Morgan fingerprint density at radius 2 is 2.29 bits per heavy atom. The number of nitrogens with zero attached hydrogens (tertiary/aromatic N) is 1. The largest absolute Gasteiger partial charge is 0.384 e. The molecule has 1 aliphatic heterocycles. The van der Waals surface area contributed by atoms with E-state index >= 15 is 0 Å². The molecule has 1 aliphatic rings. The number of hydrogen-bond donors (Lipinski definition) is 1. The molecule has 0 saturated carbocycles. The average Bonchev–Trinajstić information content (AvgIpc) is 2.94. The zero-order valence-electron chi connectivity index (χ0n) is 13.3. The fourth-order valence-electron chi connectivity index (χ4n) is 2.81. The number of aryl methyl sites for hydroxylation is 1. The number of carbonyl (C=O) groups excluding carboxylic acids is 1. The minimum Gasteiger partial charge on any atom is -0.384 e. The Bertz CT molecular complexity index is 488. The first kappa shape index (κ1) is 15.8. The van der Waals surface area contributed by atoms with Crippen LogP contribution in [0.5, 0.6) is 0 Å². The molecule has 1 saturated heterocycles. The van der Waals surface area contributed by atoms with Crippen molar-refractivity contribution in [3.63, 3.8) is 0 Å². The van der Waals surface area contributed by atoms with Crippen molar-refractivity contribution in [1.82, 2.24) is 4.90 Å². The lowest BCUT2D eigenvalue weighted by Gasteiger charge is -2.19. The molecule has 1 amide bonds. The molecule has 1 aromatic rings. The minimum absolute atomic E-state index is 0.135. The molecule has 0 aromatic heterocycles. The Morgan fingerprint density at radius 1 is 1.48 bits per heavy atom. The Labute approximate surface area is 127 Å². The topological polar surface area (TPSA) is 41.6 Å². The Kier molecular flexibility index (Phi) is 5.62. The maximum absolute atomic E-state index is 12.8. The van der Waals surface area contributed by atoms with Gasteiger partial charge in [-0.2, -0.15) is 0 Å². The number of likely N-dealkylation sites (tertiary alicyclic amines) is 1. The molecule has 1 aromatic carbocycles. The Morgan fingerprint density at radius 3 is 3.00 bits per heavy atom. The van der Waals surface area contributed by atoms with Crippen molar-refractivity contribution in [2.24, 2.45) is 5.92 Å². The van der Waals surface area contributed by atoms with E-state index in [0.29, 0.717) is 5.92 Å². The first-order chi connectivity index (χ1) is 10.2. The zero-order chi connectivity index (χ0) is 15.2. The Balaban J connectivity index is 2.12. The molecule has 1 heterocycles. The first-order valence-corrected chi connectivity index (χ1v) is 7.78. The van der Waals surface area contributed by atoms with Gasteiger partial charge in [0.05, 0.1) is 12.2 Å². The summed E-state index contributed by atoms with van der Waals surface area (Å²) in [5.74, 6) is 0.603. The van der Waals surface area contributed by atoms with E-state index in [9.17, 15) is 4.79 Å². The zero-order valence-corrected chi connectivity index (χ0v) is 13.3. The van der Waals surface area contributed by atoms with Crippen LogP contribution in [-0.2, 0) is 4.74 Å². The van der Waals surface area contributed by atoms with Crippen LogP contribution in [-0.4, -0.2) is 44.2 Å². The van der Waals surface area contributed by atoms with Gasteiger partial charge in [0.15, 0.2) is 0 Å². The predicted molar refractivity (Wildman–Crippen MR) is 85.8 cm³/mol. The maximum atomic E-state index is 12.8. The monoisotopic (exact) mass is 290 g/mol. The Hall–Kier alpha value is -1.55. The highest BCUT2D eigenvalue weighted by atomic mass is 16.5. The van der Waals surface area contributed by atoms with E-state index in [1.807, 2.05) is 30.0 Å². The van der Waals surface area contributed by atoms with Gasteiger partial charge in [-0.1, -0.05) is 18.6 Å². The smallest absolute Gasteiger partial charge is 0.255 e. The van der Waals surface area contributed by atoms with Gasteiger partial charge < -0.3 is 15.0 Å². The van der Waals surface area contributed by atoms with E-state index in [-0.39, 0.29) is 5.91 Å². The highest BCUT2D eigenvalue weighted by Crippen LogP contribution is 2.24. The van der Waals surface area contributed by atoms with E-state index in [0.717, 1.165) is 55.9 Å². The van der Waals surface area contributed by atoms with E-state index in [2.05, 4.69) is 12.2 Å². The van der Waals surface area contributed by atoms with Crippen molar-refractivity contribution in [2.45, 2.75) is 26.7 Å². The van der Waals surface area contributed by atoms with Gasteiger partial charge in [-0.15, -0.1) is 0 Å². The molecule has 4 heteroatoms. The molecule has 1 atom stereocenters. The summed E-state index contributed by atoms with van der Waals surface area (Å²) in [6.45, 7) is 7.40. The number of anilines is 1. The third-order valence-corrected chi connectivity index (χ3v) is 3.95. The van der Waals surface area contributed by atoms with E-state index in [1.165, 1.54) is 0 Å². The van der Waals surface area contributed by atoms with Gasteiger partial charge in [-0.3, -0.25) is 4.79 Å². The van der Waals surface area contributed by atoms with Crippen molar-refractivity contribution in [2.75, 3.05) is 38.7 Å². The normalized spacial score (nSPS) is 18.0. The molecule has 1 unspecified atom stereocenters. The third kappa shape index (κ3) is 3.97. The highest BCUT2D eigenvalue weighted by molar-refractivity contribution is 6.00. The van der Waals surface area contributed by atoms with Gasteiger partial charge in [-0.25, -0.2) is 0 Å². The summed E-state index contributed by atoms with van der Waals surface area (Å²) < 4.78 is 5.21. The van der Waals surface area contributed by atoms with Gasteiger partial charge >= 0.3 is 0 Å². The fourth-order valence-corrected chi connectivity index (χ4v) is 2.81. The summed E-state index contributed by atoms with van der Waals surface area (Å²) >= 11 is 0. The standard InChI is InChI=1S/C17H26N2O2/c1-4-8-18-16-6-5-13(2)10-15(16)17(20)19-9-7-14(11-19)12-21-3/h5-6,10,14,18H,4,7-9,11-12H2,1-3H3. The summed E-state index contributed by atoms with van der Waals surface area (Å²) in [5.41, 5.74) is 2.86. The number of rotatable bonds is 6. The number of carbonyl (C=O) groups is 1. The SMILES string of the molecule is CCCNc1ccc(C)cc1C(=O)N1CCC(COC)C1. The predicted octanol–water partition coefficient (Wildman–Crippen LogP) is 2.93. The lowest BCUT2D eigenvalue weighted by Crippen LogP contribution is -2.30. The number of benzene rings is 1. The average molecular weight is 290 g/mol. The number of nitrogens with one attached hydrogen (secondary N) is 1. The number of ether oxygens (including phenoxy) is 1. The van der Waals surface area contributed by atoms with Gasteiger partial charge in [0.25, 0.3) is 5.91 Å². The second-order valence-corrected chi connectivity index (χ2v) is 5.84. The lowest BCUT2D eigenvalue weighted by atomic mass is 10.1. The molecular formula is C17H26N2O2. The maximum Gasteiger partial charge on any atom is 0.255 e. The minimum atomic E-state index is 0.135. The lowest BCUT2D eigenvalue weighted by molar-refractivity contribution is 0.0776. The molecular weight excluding hydrogens is 264 g/mol. The van der Waals surface area contributed by atoms with Gasteiger partial charge in [0.1, 0.15) is 0 Å². The van der Waals surface area contributed by atoms with Crippen LogP contribution in [0.1, 0.15) is 35.7 Å². The van der Waals surface area contributed by atoms with Crippen molar-refractivity contribution < 1.29 is 9.53 Å². The van der Waals surface area contributed by atoms with Crippen LogP contribution in [0.4, 0.5) is 5.69 Å². The summed E-state index contributed by atoms with van der Waals surface area (Å²) in [5, 5.41) is 3.36. The molecule has 4 nitrogen and oxygen atoms in total. The summed E-state index contributed by atoms with van der Waals surface area (Å²) in [6.07, 6.45) is 2.07. The van der Waals surface area contributed by atoms with Crippen LogP contribution in [0.3, 0.4) is 0 Å². The van der Waals surface area contributed by atoms with Crippen molar-refractivity contribution in [3.05, 3.63) is 29.3 Å². The van der Waals surface area contributed by atoms with Crippen molar-refractivity contribution in [3.8, 4) is 0 Å². The van der Waals surface area contributed by atoms with E-state index in [1.54, 1.807) is 7.11 Å². The molecule has 0 radical (unpaired) electrons. The van der Waals surface area contributed by atoms with Crippen molar-refractivity contribution >= 4 is 11.6 Å². The molecule has 21 heavy (non-hydrogen) atoms. The van der Waals surface area contributed by atoms with Crippen LogP contribution in [0.15, 0.2) is 18.2 Å². The van der Waals surface area contributed by atoms with Gasteiger partial charge in [0, 0.05) is 38.3 Å². The summed E-state index contributed by atoms with van der Waals surface area (Å²) in [6, 6.07) is 6.05. The number of amides is 1. The second-order valence-electron chi connectivity index (χ2n) is 5.84. The fraction of sp³-hybridized carbons (Fsp3) is 0.588. The number of hydrogen-bond acceptors (Lipinski definition) is 3.